The normalized spacial score (nSPS) is 12.0. The van der Waals surface area contributed by atoms with Crippen LogP contribution in [0, 0.1) is 13.8 Å². The van der Waals surface area contributed by atoms with Gasteiger partial charge in [0.15, 0.2) is 0 Å². The Bertz CT molecular complexity index is 945. The second kappa shape index (κ2) is 4.86. The number of halogens is 1. The van der Waals surface area contributed by atoms with Crippen LogP contribution >= 0.6 is 11.6 Å². The fourth-order valence-corrected chi connectivity index (χ4v) is 4.18. The monoisotopic (exact) mass is 320 g/mol. The number of aromatic nitrogens is 2. The number of hydrogen-bond donors (Lipinski definition) is 0. The lowest BCUT2D eigenvalue weighted by Crippen LogP contribution is -2.16. The van der Waals surface area contributed by atoms with E-state index in [1.807, 2.05) is 6.07 Å². The second-order valence-electron chi connectivity index (χ2n) is 4.87. The molecule has 0 spiro atoms. The van der Waals surface area contributed by atoms with Crippen LogP contribution in [0.15, 0.2) is 47.4 Å². The van der Waals surface area contributed by atoms with Gasteiger partial charge in [0, 0.05) is 15.8 Å². The molecule has 0 radical (unpaired) electrons. The molecule has 0 saturated carbocycles. The molecular formula is C15H13ClN2O2S. The number of hydrogen-bond acceptors (Lipinski definition) is 3. The molecule has 0 aliphatic heterocycles. The third-order valence-electron chi connectivity index (χ3n) is 3.30. The van der Waals surface area contributed by atoms with Crippen molar-refractivity contribution >= 4 is 32.4 Å². The van der Waals surface area contributed by atoms with Crippen molar-refractivity contribution in [3.63, 3.8) is 0 Å². The van der Waals surface area contributed by atoms with Crippen molar-refractivity contribution in [2.75, 3.05) is 0 Å². The van der Waals surface area contributed by atoms with Gasteiger partial charge in [-0.2, -0.15) is 17.6 Å². The summed E-state index contributed by atoms with van der Waals surface area (Å²) < 4.78 is 26.8. The number of rotatable bonds is 2. The van der Waals surface area contributed by atoms with Crippen LogP contribution in [0.5, 0.6) is 0 Å². The fourth-order valence-electron chi connectivity index (χ4n) is 2.40. The summed E-state index contributed by atoms with van der Waals surface area (Å²) in [4.78, 5) is 0.203. The highest BCUT2D eigenvalue weighted by Gasteiger charge is 2.23. The first kappa shape index (κ1) is 14.1. The molecule has 0 fully saturated rings. The lowest BCUT2D eigenvalue weighted by molar-refractivity contribution is 0.578. The first-order chi connectivity index (χ1) is 9.91. The van der Waals surface area contributed by atoms with Gasteiger partial charge in [0.1, 0.15) is 0 Å². The zero-order chi connectivity index (χ0) is 15.2. The molecule has 0 aliphatic rings. The highest BCUT2D eigenvalue weighted by molar-refractivity contribution is 7.90. The van der Waals surface area contributed by atoms with Crippen molar-refractivity contribution in [2.24, 2.45) is 0 Å². The van der Waals surface area contributed by atoms with Gasteiger partial charge in [0.2, 0.25) is 0 Å². The quantitative estimate of drug-likeness (QED) is 0.725. The van der Waals surface area contributed by atoms with Gasteiger partial charge >= 0.3 is 0 Å². The minimum Gasteiger partial charge on any atom is -0.199 e. The van der Waals surface area contributed by atoms with Crippen LogP contribution in [0.4, 0.5) is 0 Å². The van der Waals surface area contributed by atoms with Crippen molar-refractivity contribution in [1.82, 2.24) is 9.19 Å². The van der Waals surface area contributed by atoms with Gasteiger partial charge in [-0.1, -0.05) is 35.9 Å². The predicted octanol–water partition coefficient (Wildman–Crippen LogP) is 3.54. The Morgan fingerprint density at radius 3 is 2.33 bits per heavy atom. The largest absolute Gasteiger partial charge is 0.283 e. The molecule has 0 N–H and O–H groups in total. The van der Waals surface area contributed by atoms with E-state index in [0.717, 1.165) is 4.09 Å². The van der Waals surface area contributed by atoms with Crippen molar-refractivity contribution in [1.29, 1.82) is 0 Å². The standard InChI is InChI=1S/C15H13ClN2O2S/c1-10-9-11(2)18(17-10)21(19,20)15-8-7-14(16)12-5-3-4-6-13(12)15/h3-9H,1-2H3. The molecule has 0 aliphatic carbocycles. The SMILES string of the molecule is Cc1cc(C)n(S(=O)(=O)c2ccc(Cl)c3ccccc23)n1. The lowest BCUT2D eigenvalue weighted by atomic mass is 10.1. The zero-order valence-electron chi connectivity index (χ0n) is 11.5. The van der Waals surface area contributed by atoms with Crippen LogP contribution in [0.2, 0.25) is 5.02 Å². The third kappa shape index (κ3) is 2.22. The number of benzene rings is 2. The van der Waals surface area contributed by atoms with E-state index in [0.29, 0.717) is 27.2 Å². The van der Waals surface area contributed by atoms with Gasteiger partial charge in [-0.15, -0.1) is 0 Å². The Labute approximate surface area is 128 Å². The summed E-state index contributed by atoms with van der Waals surface area (Å²) in [6.45, 7) is 3.48. The van der Waals surface area contributed by atoms with E-state index in [9.17, 15) is 8.42 Å². The molecule has 0 atom stereocenters. The second-order valence-corrected chi connectivity index (χ2v) is 7.01. The van der Waals surface area contributed by atoms with Crippen LogP contribution in [0.1, 0.15) is 11.4 Å². The van der Waals surface area contributed by atoms with E-state index in [4.69, 9.17) is 11.6 Å². The molecule has 0 bridgehead atoms. The van der Waals surface area contributed by atoms with Gasteiger partial charge in [0.05, 0.1) is 16.3 Å². The fraction of sp³-hybridized carbons (Fsp3) is 0.133. The maximum absolute atomic E-state index is 12.9. The van der Waals surface area contributed by atoms with Crippen molar-refractivity contribution in [3.8, 4) is 0 Å². The van der Waals surface area contributed by atoms with E-state index < -0.39 is 10.0 Å². The van der Waals surface area contributed by atoms with Crippen LogP contribution in [-0.2, 0) is 10.0 Å². The summed E-state index contributed by atoms with van der Waals surface area (Å²) in [5, 5.41) is 5.91. The number of nitrogens with zero attached hydrogens (tertiary/aromatic N) is 2. The summed E-state index contributed by atoms with van der Waals surface area (Å²) in [5.74, 6) is 0. The van der Waals surface area contributed by atoms with Gasteiger partial charge < -0.3 is 0 Å². The average Bonchev–Trinajstić information content (AvgIpc) is 2.79. The zero-order valence-corrected chi connectivity index (χ0v) is 13.1. The van der Waals surface area contributed by atoms with Crippen LogP contribution in [0.3, 0.4) is 0 Å². The molecule has 1 heterocycles. The maximum Gasteiger partial charge on any atom is 0.283 e. The minimum atomic E-state index is -3.75. The third-order valence-corrected chi connectivity index (χ3v) is 5.37. The van der Waals surface area contributed by atoms with Crippen LogP contribution < -0.4 is 0 Å². The van der Waals surface area contributed by atoms with E-state index in [1.54, 1.807) is 44.2 Å². The van der Waals surface area contributed by atoms with Crippen molar-refractivity contribution < 1.29 is 8.42 Å². The summed E-state index contributed by atoms with van der Waals surface area (Å²) in [5.41, 5.74) is 1.24. The number of aryl methyl sites for hydroxylation is 2. The van der Waals surface area contributed by atoms with Gasteiger partial charge in [-0.3, -0.25) is 0 Å². The lowest BCUT2D eigenvalue weighted by Gasteiger charge is -2.10. The molecule has 0 unspecified atom stereocenters. The Morgan fingerprint density at radius 2 is 1.71 bits per heavy atom. The molecule has 4 nitrogen and oxygen atoms in total. The van der Waals surface area contributed by atoms with E-state index in [-0.39, 0.29) is 4.90 Å². The van der Waals surface area contributed by atoms with Crippen LogP contribution in [0.25, 0.3) is 10.8 Å². The summed E-state index contributed by atoms with van der Waals surface area (Å²) in [6.07, 6.45) is 0. The summed E-state index contributed by atoms with van der Waals surface area (Å²) in [7, 11) is -3.75. The average molecular weight is 321 g/mol. The highest BCUT2D eigenvalue weighted by atomic mass is 35.5. The first-order valence-electron chi connectivity index (χ1n) is 6.37. The molecule has 3 rings (SSSR count). The molecule has 1 aromatic heterocycles. The minimum absolute atomic E-state index is 0.203. The maximum atomic E-state index is 12.9. The van der Waals surface area contributed by atoms with E-state index in [1.165, 1.54) is 6.07 Å². The smallest absolute Gasteiger partial charge is 0.199 e. The van der Waals surface area contributed by atoms with E-state index >= 15 is 0 Å². The first-order valence-corrected chi connectivity index (χ1v) is 8.19. The Hall–Kier alpha value is -1.85. The molecule has 6 heteroatoms. The summed E-state index contributed by atoms with van der Waals surface area (Å²) >= 11 is 6.14. The molecule has 108 valence electrons. The Morgan fingerprint density at radius 1 is 1.05 bits per heavy atom. The van der Waals surface area contributed by atoms with Gasteiger partial charge in [-0.05, 0) is 32.0 Å². The van der Waals surface area contributed by atoms with Crippen molar-refractivity contribution in [2.45, 2.75) is 18.7 Å². The van der Waals surface area contributed by atoms with Crippen molar-refractivity contribution in [3.05, 3.63) is 58.9 Å². The molecule has 21 heavy (non-hydrogen) atoms. The summed E-state index contributed by atoms with van der Waals surface area (Å²) in [6, 6.07) is 12.0. The number of fused-ring (bicyclic) bond motifs is 1. The molecular weight excluding hydrogens is 308 g/mol. The highest BCUT2D eigenvalue weighted by Crippen LogP contribution is 2.30. The molecule has 3 aromatic rings. The molecule has 0 amide bonds. The Balaban J connectivity index is 2.35. The predicted molar refractivity (Wildman–Crippen MR) is 83.2 cm³/mol. The molecule has 0 saturated heterocycles. The van der Waals surface area contributed by atoms with Gasteiger partial charge in [-0.25, -0.2) is 0 Å². The Kier molecular flexibility index (Phi) is 3.26. The topological polar surface area (TPSA) is 52.0 Å². The van der Waals surface area contributed by atoms with E-state index in [2.05, 4.69) is 5.10 Å². The van der Waals surface area contributed by atoms with Crippen LogP contribution in [-0.4, -0.2) is 17.6 Å². The molecule has 2 aromatic carbocycles. The van der Waals surface area contributed by atoms with Gasteiger partial charge in [0.25, 0.3) is 10.0 Å².